The van der Waals surface area contributed by atoms with Gasteiger partial charge in [-0.3, -0.25) is 0 Å². The molecular formula is C16H20O2. The summed E-state index contributed by atoms with van der Waals surface area (Å²) in [6, 6.07) is 11.0. The molecule has 1 aromatic rings. The summed E-state index contributed by atoms with van der Waals surface area (Å²) < 4.78 is 11.7. The van der Waals surface area contributed by atoms with Crippen molar-refractivity contribution < 1.29 is 9.47 Å². The predicted molar refractivity (Wildman–Crippen MR) is 69.3 cm³/mol. The van der Waals surface area contributed by atoms with Gasteiger partial charge in [-0.15, -0.1) is 0 Å². The van der Waals surface area contributed by atoms with E-state index in [1.165, 1.54) is 18.4 Å². The molecule has 0 bridgehead atoms. The van der Waals surface area contributed by atoms with Crippen molar-refractivity contribution in [1.82, 2.24) is 0 Å². The lowest BCUT2D eigenvalue weighted by Gasteiger charge is -2.23. The summed E-state index contributed by atoms with van der Waals surface area (Å²) >= 11 is 0. The summed E-state index contributed by atoms with van der Waals surface area (Å²) in [7, 11) is 0. The number of benzene rings is 1. The van der Waals surface area contributed by atoms with Crippen molar-refractivity contribution in [1.29, 1.82) is 0 Å². The van der Waals surface area contributed by atoms with E-state index in [9.17, 15) is 0 Å². The second kappa shape index (κ2) is 4.07. The molecular weight excluding hydrogens is 224 g/mol. The van der Waals surface area contributed by atoms with Crippen molar-refractivity contribution in [2.75, 3.05) is 13.2 Å². The molecule has 1 spiro atoms. The number of ether oxygens (including phenoxy) is 2. The highest BCUT2D eigenvalue weighted by Crippen LogP contribution is 2.55. The van der Waals surface area contributed by atoms with Gasteiger partial charge in [0.2, 0.25) is 0 Å². The zero-order chi connectivity index (χ0) is 12.0. The number of hydrogen-bond acceptors (Lipinski definition) is 2. The highest BCUT2D eigenvalue weighted by atomic mass is 16.7. The van der Waals surface area contributed by atoms with Crippen LogP contribution >= 0.6 is 0 Å². The lowest BCUT2D eigenvalue weighted by atomic mass is 9.94. The fraction of sp³-hybridized carbons (Fsp3) is 0.625. The molecule has 1 heterocycles. The molecule has 1 aliphatic heterocycles. The summed E-state index contributed by atoms with van der Waals surface area (Å²) in [5.74, 6) is 2.21. The minimum atomic E-state index is -0.184. The van der Waals surface area contributed by atoms with Crippen LogP contribution in [0.25, 0.3) is 0 Å². The molecule has 1 saturated heterocycles. The SMILES string of the molecule is c1ccc(C2CC3CC4(CC3C2)OCCO4)cc1. The van der Waals surface area contributed by atoms with Gasteiger partial charge in [0.15, 0.2) is 5.79 Å². The van der Waals surface area contributed by atoms with Gasteiger partial charge >= 0.3 is 0 Å². The van der Waals surface area contributed by atoms with Crippen LogP contribution in [0.4, 0.5) is 0 Å². The third-order valence-corrected chi connectivity index (χ3v) is 5.07. The van der Waals surface area contributed by atoms with Crippen LogP contribution < -0.4 is 0 Å². The van der Waals surface area contributed by atoms with Gasteiger partial charge in [-0.25, -0.2) is 0 Å². The Bertz CT molecular complexity index is 406. The van der Waals surface area contributed by atoms with Crippen molar-refractivity contribution >= 4 is 0 Å². The van der Waals surface area contributed by atoms with Crippen LogP contribution in [0.3, 0.4) is 0 Å². The van der Waals surface area contributed by atoms with Gasteiger partial charge < -0.3 is 9.47 Å². The maximum absolute atomic E-state index is 5.86. The summed E-state index contributed by atoms with van der Waals surface area (Å²) in [6.07, 6.45) is 4.90. The molecule has 96 valence electrons. The lowest BCUT2D eigenvalue weighted by Crippen LogP contribution is -2.27. The third kappa shape index (κ3) is 1.70. The van der Waals surface area contributed by atoms with Crippen LogP contribution in [0.2, 0.25) is 0 Å². The van der Waals surface area contributed by atoms with E-state index in [1.54, 1.807) is 0 Å². The average Bonchev–Trinajstić information content (AvgIpc) is 3.06. The summed E-state index contributed by atoms with van der Waals surface area (Å²) in [5, 5.41) is 0. The summed E-state index contributed by atoms with van der Waals surface area (Å²) in [6.45, 7) is 1.59. The van der Waals surface area contributed by atoms with E-state index in [2.05, 4.69) is 30.3 Å². The first kappa shape index (κ1) is 11.0. The van der Waals surface area contributed by atoms with Crippen molar-refractivity contribution in [3.63, 3.8) is 0 Å². The second-order valence-electron chi connectivity index (χ2n) is 6.12. The van der Waals surface area contributed by atoms with Gasteiger partial charge in [-0.05, 0) is 36.2 Å². The summed E-state index contributed by atoms with van der Waals surface area (Å²) in [4.78, 5) is 0. The van der Waals surface area contributed by atoms with Gasteiger partial charge in [0, 0.05) is 12.8 Å². The Hall–Kier alpha value is -0.860. The maximum Gasteiger partial charge on any atom is 0.169 e. The quantitative estimate of drug-likeness (QED) is 0.754. The molecule has 2 heteroatoms. The molecule has 3 fully saturated rings. The first-order valence-electron chi connectivity index (χ1n) is 7.17. The van der Waals surface area contributed by atoms with Gasteiger partial charge in [0.1, 0.15) is 0 Å². The molecule has 2 saturated carbocycles. The van der Waals surface area contributed by atoms with Crippen LogP contribution in [0.5, 0.6) is 0 Å². The van der Waals surface area contributed by atoms with Gasteiger partial charge in [0.25, 0.3) is 0 Å². The molecule has 4 rings (SSSR count). The van der Waals surface area contributed by atoms with Crippen molar-refractivity contribution in [2.24, 2.45) is 11.8 Å². The number of hydrogen-bond donors (Lipinski definition) is 0. The molecule has 3 aliphatic rings. The zero-order valence-electron chi connectivity index (χ0n) is 10.7. The highest BCUT2D eigenvalue weighted by Gasteiger charge is 2.52. The molecule has 0 amide bonds. The van der Waals surface area contributed by atoms with E-state index in [0.717, 1.165) is 43.8 Å². The minimum absolute atomic E-state index is 0.184. The Balaban J connectivity index is 1.48. The topological polar surface area (TPSA) is 18.5 Å². The largest absolute Gasteiger partial charge is 0.348 e. The van der Waals surface area contributed by atoms with E-state index in [-0.39, 0.29) is 5.79 Å². The van der Waals surface area contributed by atoms with Crippen LogP contribution in [-0.4, -0.2) is 19.0 Å². The van der Waals surface area contributed by atoms with Crippen molar-refractivity contribution in [3.05, 3.63) is 35.9 Å². The van der Waals surface area contributed by atoms with E-state index in [4.69, 9.17) is 9.47 Å². The first-order valence-corrected chi connectivity index (χ1v) is 7.17. The molecule has 2 atom stereocenters. The molecule has 1 aromatic carbocycles. The van der Waals surface area contributed by atoms with Gasteiger partial charge in [-0.1, -0.05) is 30.3 Å². The van der Waals surface area contributed by atoms with Gasteiger partial charge in [-0.2, -0.15) is 0 Å². The zero-order valence-corrected chi connectivity index (χ0v) is 10.7. The Kier molecular flexibility index (Phi) is 2.49. The average molecular weight is 244 g/mol. The fourth-order valence-electron chi connectivity index (χ4n) is 4.32. The standard InChI is InChI=1S/C16H20O2/c1-2-4-12(5-3-1)13-8-14-10-16(11-15(14)9-13)17-6-7-18-16/h1-5,13-15H,6-11H2. The van der Waals surface area contributed by atoms with Crippen molar-refractivity contribution in [3.8, 4) is 0 Å². The van der Waals surface area contributed by atoms with E-state index in [1.807, 2.05) is 0 Å². The second-order valence-corrected chi connectivity index (χ2v) is 6.12. The summed E-state index contributed by atoms with van der Waals surface area (Å²) in [5.41, 5.74) is 1.52. The molecule has 2 aliphatic carbocycles. The van der Waals surface area contributed by atoms with Crippen LogP contribution in [0, 0.1) is 11.8 Å². The third-order valence-electron chi connectivity index (χ3n) is 5.07. The van der Waals surface area contributed by atoms with Crippen LogP contribution in [0.15, 0.2) is 30.3 Å². The first-order chi connectivity index (χ1) is 8.85. The lowest BCUT2D eigenvalue weighted by molar-refractivity contribution is -0.155. The van der Waals surface area contributed by atoms with E-state index >= 15 is 0 Å². The van der Waals surface area contributed by atoms with E-state index < -0.39 is 0 Å². The predicted octanol–water partition coefficient (Wildman–Crippen LogP) is 3.33. The Morgan fingerprint density at radius 2 is 1.50 bits per heavy atom. The molecule has 2 nitrogen and oxygen atoms in total. The van der Waals surface area contributed by atoms with E-state index in [0.29, 0.717) is 0 Å². The Labute approximate surface area is 108 Å². The van der Waals surface area contributed by atoms with Crippen LogP contribution in [-0.2, 0) is 9.47 Å². The number of fused-ring (bicyclic) bond motifs is 1. The maximum atomic E-state index is 5.86. The van der Waals surface area contributed by atoms with Crippen LogP contribution in [0.1, 0.15) is 37.2 Å². The fourth-order valence-corrected chi connectivity index (χ4v) is 4.32. The minimum Gasteiger partial charge on any atom is -0.348 e. The Morgan fingerprint density at radius 3 is 2.11 bits per heavy atom. The monoisotopic (exact) mass is 244 g/mol. The molecule has 0 radical (unpaired) electrons. The molecule has 0 N–H and O–H groups in total. The number of rotatable bonds is 1. The highest BCUT2D eigenvalue weighted by molar-refractivity contribution is 5.22. The van der Waals surface area contributed by atoms with Crippen molar-refractivity contribution in [2.45, 2.75) is 37.4 Å². The normalized spacial score (nSPS) is 37.2. The van der Waals surface area contributed by atoms with Gasteiger partial charge in [0.05, 0.1) is 13.2 Å². The molecule has 18 heavy (non-hydrogen) atoms. The Morgan fingerprint density at radius 1 is 0.889 bits per heavy atom. The molecule has 2 unspecified atom stereocenters. The molecule has 0 aromatic heterocycles. The smallest absolute Gasteiger partial charge is 0.169 e.